The molecule has 0 saturated carbocycles. The van der Waals surface area contributed by atoms with Crippen LogP contribution in [0.15, 0.2) is 30.3 Å². The topological polar surface area (TPSA) is 37.3 Å². The lowest BCUT2D eigenvalue weighted by Gasteiger charge is -2.08. The van der Waals surface area contributed by atoms with Gasteiger partial charge in [-0.3, -0.25) is 4.79 Å². The number of aliphatic carboxylic acids is 1. The molecular weight excluding hydrogens is 152 g/mol. The summed E-state index contributed by atoms with van der Waals surface area (Å²) in [6.45, 7) is 1.41. The highest BCUT2D eigenvalue weighted by molar-refractivity contribution is 5.75. The van der Waals surface area contributed by atoms with E-state index in [1.54, 1.807) is 30.3 Å². The fraction of sp³-hybridized carbons (Fsp3) is 0.300. The number of hydrogen-bond acceptors (Lipinski definition) is 1. The lowest BCUT2D eigenvalue weighted by Crippen LogP contribution is -2.09. The maximum absolute atomic E-state index is 11.0. The molecule has 12 heavy (non-hydrogen) atoms. The molecule has 2 heteroatoms. The van der Waals surface area contributed by atoms with Crippen LogP contribution in [0, 0.1) is 0 Å². The summed E-state index contributed by atoms with van der Waals surface area (Å²) in [5.74, 6) is -3.16. The molecule has 1 rings (SSSR count). The molecule has 0 saturated heterocycles. The monoisotopic (exact) mass is 166 g/mol. The highest BCUT2D eigenvalue weighted by atomic mass is 16.4. The van der Waals surface area contributed by atoms with Gasteiger partial charge in [0.15, 0.2) is 0 Å². The van der Waals surface area contributed by atoms with Crippen LogP contribution in [0.5, 0.6) is 0 Å². The van der Waals surface area contributed by atoms with Crippen LogP contribution in [0.25, 0.3) is 0 Å². The second-order valence-corrected chi connectivity index (χ2v) is 2.37. The first-order valence-electron chi connectivity index (χ1n) is 4.78. The minimum atomic E-state index is -1.87. The Bertz CT molecular complexity index is 324. The lowest BCUT2D eigenvalue weighted by molar-refractivity contribution is -0.138. The summed E-state index contributed by atoms with van der Waals surface area (Å²) in [6.07, 6.45) is -1.01. The Labute approximate surface area is 74.7 Å². The molecule has 2 nitrogen and oxygen atoms in total. The Hall–Kier alpha value is -1.31. The quantitative estimate of drug-likeness (QED) is 0.747. The largest absolute Gasteiger partial charge is 0.481 e. The molecule has 0 radical (unpaired) electrons. The Kier molecular flexibility index (Phi) is 2.03. The molecule has 0 aliphatic heterocycles. The molecule has 1 N–H and O–H groups in total. The molecule has 0 spiro atoms. The van der Waals surface area contributed by atoms with Gasteiger partial charge >= 0.3 is 5.97 Å². The third-order valence-electron chi connectivity index (χ3n) is 1.60. The van der Waals surface area contributed by atoms with E-state index in [0.29, 0.717) is 5.56 Å². The van der Waals surface area contributed by atoms with Gasteiger partial charge in [0.25, 0.3) is 0 Å². The summed E-state index contributed by atoms with van der Waals surface area (Å²) in [5.41, 5.74) is 0.343. The van der Waals surface area contributed by atoms with Gasteiger partial charge in [-0.2, -0.15) is 0 Å². The molecule has 2 atom stereocenters. The molecule has 64 valence electrons. The van der Waals surface area contributed by atoms with Crippen LogP contribution in [-0.4, -0.2) is 11.1 Å². The van der Waals surface area contributed by atoms with Crippen molar-refractivity contribution in [3.8, 4) is 0 Å². The van der Waals surface area contributed by atoms with E-state index in [1.807, 2.05) is 0 Å². The van der Waals surface area contributed by atoms with Crippen molar-refractivity contribution in [3.05, 3.63) is 35.9 Å². The van der Waals surface area contributed by atoms with Crippen LogP contribution in [0.1, 0.15) is 27.5 Å². The van der Waals surface area contributed by atoms with E-state index in [4.69, 9.17) is 7.85 Å². The minimum absolute atomic E-state index is 0.343. The van der Waals surface area contributed by atoms with Gasteiger partial charge in [0.05, 0.1) is 5.89 Å². The molecule has 0 aliphatic carbocycles. The molecule has 0 amide bonds. The summed E-state index contributed by atoms with van der Waals surface area (Å²) < 4.78 is 15.2. The number of carboxylic acids is 1. The van der Waals surface area contributed by atoms with Crippen molar-refractivity contribution >= 4 is 5.97 Å². The Morgan fingerprint density at radius 3 is 2.67 bits per heavy atom. The minimum Gasteiger partial charge on any atom is -0.481 e. The lowest BCUT2D eigenvalue weighted by atomic mass is 9.97. The van der Waals surface area contributed by atoms with Gasteiger partial charge in [-0.15, -0.1) is 0 Å². The first kappa shape index (κ1) is 6.23. The summed E-state index contributed by atoms with van der Waals surface area (Å²) in [7, 11) is 0. The van der Waals surface area contributed by atoms with Crippen molar-refractivity contribution in [2.45, 2.75) is 19.2 Å². The number of rotatable bonds is 3. The zero-order valence-corrected chi connectivity index (χ0v) is 6.82. The molecular formula is C10H12O2. The van der Waals surface area contributed by atoms with Crippen molar-refractivity contribution < 1.29 is 12.6 Å². The molecule has 0 fully saturated rings. The van der Waals surface area contributed by atoms with Gasteiger partial charge in [0.2, 0.25) is 0 Å². The average Bonchev–Trinajstić information content (AvgIpc) is 2.17. The fourth-order valence-corrected chi connectivity index (χ4v) is 1.03. The van der Waals surface area contributed by atoms with Gasteiger partial charge in [-0.25, -0.2) is 0 Å². The summed E-state index contributed by atoms with van der Waals surface area (Å²) in [5, 5.41) is 8.95. The van der Waals surface area contributed by atoms with Crippen molar-refractivity contribution in [3.63, 3.8) is 0 Å². The molecule has 0 aliphatic rings. The van der Waals surface area contributed by atoms with Crippen LogP contribution in [-0.2, 0) is 4.79 Å². The Balaban J connectivity index is 3.20. The zero-order chi connectivity index (χ0) is 10.8. The van der Waals surface area contributed by atoms with Crippen LogP contribution in [0.3, 0.4) is 0 Å². The Morgan fingerprint density at radius 2 is 2.25 bits per heavy atom. The van der Waals surface area contributed by atoms with Crippen molar-refractivity contribution in [2.24, 2.45) is 0 Å². The van der Waals surface area contributed by atoms with Crippen molar-refractivity contribution in [2.75, 3.05) is 0 Å². The van der Waals surface area contributed by atoms with Crippen LogP contribution >= 0.6 is 0 Å². The van der Waals surface area contributed by atoms with Crippen LogP contribution in [0.2, 0.25) is 0 Å². The van der Waals surface area contributed by atoms with E-state index < -0.39 is 18.3 Å². The molecule has 0 aromatic heterocycles. The molecule has 0 heterocycles. The summed E-state index contributed by atoms with van der Waals surface area (Å²) in [6, 6.07) is 8.21. The van der Waals surface area contributed by atoms with Gasteiger partial charge in [-0.05, 0) is 12.0 Å². The van der Waals surface area contributed by atoms with Gasteiger partial charge < -0.3 is 5.11 Å². The maximum atomic E-state index is 11.0. The van der Waals surface area contributed by atoms with Crippen LogP contribution in [0.4, 0.5) is 0 Å². The SMILES string of the molecule is [2H]C(C)C([2H])(C(=O)O)c1ccccc1. The summed E-state index contributed by atoms with van der Waals surface area (Å²) in [4.78, 5) is 11.0. The van der Waals surface area contributed by atoms with E-state index in [-0.39, 0.29) is 0 Å². The van der Waals surface area contributed by atoms with E-state index >= 15 is 0 Å². The van der Waals surface area contributed by atoms with E-state index in [9.17, 15) is 4.79 Å². The first-order chi connectivity index (χ1) is 6.49. The first-order valence-corrected chi connectivity index (χ1v) is 3.70. The fourth-order valence-electron chi connectivity index (χ4n) is 1.03. The smallest absolute Gasteiger partial charge is 0.310 e. The van der Waals surface area contributed by atoms with Crippen molar-refractivity contribution in [1.82, 2.24) is 0 Å². The van der Waals surface area contributed by atoms with E-state index in [1.165, 1.54) is 6.92 Å². The number of hydrogen-bond donors (Lipinski definition) is 1. The molecule has 1 aromatic carbocycles. The third-order valence-corrected chi connectivity index (χ3v) is 1.60. The number of benzene rings is 1. The average molecular weight is 166 g/mol. The predicted molar refractivity (Wildman–Crippen MR) is 47.1 cm³/mol. The zero-order valence-electron chi connectivity index (χ0n) is 8.82. The third kappa shape index (κ3) is 1.84. The van der Waals surface area contributed by atoms with Crippen molar-refractivity contribution in [1.29, 1.82) is 0 Å². The number of carboxylic acid groups (broad SMARTS) is 1. The van der Waals surface area contributed by atoms with Crippen LogP contribution < -0.4 is 0 Å². The second kappa shape index (κ2) is 3.90. The van der Waals surface area contributed by atoms with E-state index in [0.717, 1.165) is 0 Å². The Morgan fingerprint density at radius 1 is 1.67 bits per heavy atom. The number of carbonyl (C=O) groups is 1. The maximum Gasteiger partial charge on any atom is 0.310 e. The van der Waals surface area contributed by atoms with E-state index in [2.05, 4.69) is 0 Å². The summed E-state index contributed by atoms with van der Waals surface area (Å²) >= 11 is 0. The second-order valence-electron chi connectivity index (χ2n) is 2.37. The highest BCUT2D eigenvalue weighted by Crippen LogP contribution is 2.18. The van der Waals surface area contributed by atoms with Gasteiger partial charge in [-0.1, -0.05) is 37.3 Å². The normalized spacial score (nSPS) is 20.1. The van der Waals surface area contributed by atoms with Gasteiger partial charge in [0, 0.05) is 2.74 Å². The van der Waals surface area contributed by atoms with Gasteiger partial charge in [0.1, 0.15) is 0 Å². The standard InChI is InChI=1S/C10H12O2/c1-2-9(10(11)12)8-6-4-3-5-7-8/h3-7,9H,2H2,1H3,(H,11,12)/i2D,9D. The molecule has 1 aromatic rings. The molecule has 2 unspecified atom stereocenters. The predicted octanol–water partition coefficient (Wildman–Crippen LogP) is 2.26. The highest BCUT2D eigenvalue weighted by Gasteiger charge is 2.16. The molecule has 0 bridgehead atoms.